The Bertz CT molecular complexity index is 1530. The predicted octanol–water partition coefficient (Wildman–Crippen LogP) is 6.64. The molecule has 2 nitrogen and oxygen atoms in total. The minimum absolute atomic E-state index is 0.157. The molecule has 3 heteroatoms. The van der Waals surface area contributed by atoms with E-state index in [4.69, 9.17) is 0 Å². The average molecular weight is 462 g/mol. The summed E-state index contributed by atoms with van der Waals surface area (Å²) in [7, 11) is 0. The zero-order valence-corrected chi connectivity index (χ0v) is 20.4. The molecule has 6 rings (SSSR count). The number of rotatable bonds is 5. The lowest BCUT2D eigenvalue weighted by Crippen LogP contribution is -2.61. The van der Waals surface area contributed by atoms with Gasteiger partial charge in [0.25, 0.3) is 6.71 Å². The molecule has 2 aliphatic heterocycles. The molecule has 0 N–H and O–H groups in total. The van der Waals surface area contributed by atoms with Crippen LogP contribution < -0.4 is 26.2 Å². The van der Waals surface area contributed by atoms with Crippen molar-refractivity contribution in [2.45, 2.75) is 6.92 Å². The van der Waals surface area contributed by atoms with Gasteiger partial charge < -0.3 is 9.80 Å². The highest BCUT2D eigenvalue weighted by atomic mass is 15.2. The van der Waals surface area contributed by atoms with E-state index in [1.165, 1.54) is 39.1 Å². The third kappa shape index (κ3) is 3.44. The highest BCUT2D eigenvalue weighted by Gasteiger charge is 2.42. The molecule has 4 aromatic carbocycles. The molecule has 0 radical (unpaired) electrons. The number of benzene rings is 4. The summed E-state index contributed by atoms with van der Waals surface area (Å²) >= 11 is 0. The topological polar surface area (TPSA) is 6.48 Å². The normalized spacial score (nSPS) is 14.1. The molecule has 4 aromatic rings. The fourth-order valence-electron chi connectivity index (χ4n) is 5.56. The van der Waals surface area contributed by atoms with E-state index in [0.717, 1.165) is 11.4 Å². The highest BCUT2D eigenvalue weighted by molar-refractivity contribution is 7.00. The van der Waals surface area contributed by atoms with Crippen molar-refractivity contribution in [1.29, 1.82) is 0 Å². The van der Waals surface area contributed by atoms with Gasteiger partial charge in [-0.3, -0.25) is 0 Å². The van der Waals surface area contributed by atoms with Gasteiger partial charge in [0.2, 0.25) is 0 Å². The monoisotopic (exact) mass is 462 g/mol. The average Bonchev–Trinajstić information content (AvgIpc) is 2.93. The van der Waals surface area contributed by atoms with Crippen LogP contribution in [0.1, 0.15) is 6.92 Å². The van der Waals surface area contributed by atoms with Crippen LogP contribution in [0.15, 0.2) is 146 Å². The van der Waals surface area contributed by atoms with Crippen molar-refractivity contribution < 1.29 is 0 Å². The van der Waals surface area contributed by atoms with Crippen LogP contribution in [0, 0.1) is 0 Å². The Morgan fingerprint density at radius 1 is 0.694 bits per heavy atom. The summed E-state index contributed by atoms with van der Waals surface area (Å²) in [5.74, 6) is 0. The minimum atomic E-state index is 0.157. The molecule has 2 aliphatic rings. The van der Waals surface area contributed by atoms with Crippen LogP contribution in [0.25, 0.3) is 0 Å². The summed E-state index contributed by atoms with van der Waals surface area (Å²) in [5.41, 5.74) is 11.1. The lowest BCUT2D eigenvalue weighted by molar-refractivity contribution is 1.20. The maximum absolute atomic E-state index is 4.01. The maximum Gasteiger partial charge on any atom is 0.252 e. The first-order valence-corrected chi connectivity index (χ1v) is 12.4. The molecule has 2 heterocycles. The third-order valence-corrected chi connectivity index (χ3v) is 6.94. The molecular weight excluding hydrogens is 435 g/mol. The molecule has 0 bridgehead atoms. The van der Waals surface area contributed by atoms with E-state index in [2.05, 4.69) is 138 Å². The molecule has 0 aliphatic carbocycles. The molecule has 0 saturated heterocycles. The first kappa shape index (κ1) is 22.0. The number of anilines is 5. The van der Waals surface area contributed by atoms with Gasteiger partial charge in [0, 0.05) is 34.1 Å². The zero-order chi connectivity index (χ0) is 24.5. The van der Waals surface area contributed by atoms with Gasteiger partial charge in [-0.25, -0.2) is 0 Å². The molecule has 0 amide bonds. The largest absolute Gasteiger partial charge is 0.311 e. The van der Waals surface area contributed by atoms with Crippen molar-refractivity contribution in [2.75, 3.05) is 9.80 Å². The molecule has 0 fully saturated rings. The number of fused-ring (bicyclic) bond motifs is 4. The van der Waals surface area contributed by atoms with Crippen molar-refractivity contribution in [3.63, 3.8) is 0 Å². The van der Waals surface area contributed by atoms with Gasteiger partial charge in [-0.05, 0) is 71.9 Å². The van der Waals surface area contributed by atoms with Gasteiger partial charge in [-0.2, -0.15) is 0 Å². The molecule has 36 heavy (non-hydrogen) atoms. The predicted molar refractivity (Wildman–Crippen MR) is 157 cm³/mol. The Labute approximate surface area is 213 Å². The third-order valence-electron chi connectivity index (χ3n) is 6.94. The van der Waals surface area contributed by atoms with Gasteiger partial charge in [-0.1, -0.05) is 91.5 Å². The molecule has 0 aromatic heterocycles. The molecule has 0 spiro atoms. The first-order valence-electron chi connectivity index (χ1n) is 12.4. The number of nitrogens with zero attached hydrogens (tertiary/aromatic N) is 2. The van der Waals surface area contributed by atoms with Crippen LogP contribution >= 0.6 is 0 Å². The second-order valence-corrected chi connectivity index (χ2v) is 8.98. The summed E-state index contributed by atoms with van der Waals surface area (Å²) in [6, 6.07) is 35.0. The van der Waals surface area contributed by atoms with Crippen LogP contribution in [-0.4, -0.2) is 6.71 Å². The second-order valence-electron chi connectivity index (χ2n) is 8.98. The minimum Gasteiger partial charge on any atom is -0.311 e. The smallest absolute Gasteiger partial charge is 0.252 e. The van der Waals surface area contributed by atoms with Crippen molar-refractivity contribution in [3.05, 3.63) is 146 Å². The first-order chi connectivity index (χ1) is 17.8. The fraction of sp³-hybridized carbons (Fsp3) is 0.0303. The van der Waals surface area contributed by atoms with Gasteiger partial charge in [-0.15, -0.1) is 0 Å². The number of hydrogen-bond donors (Lipinski definition) is 0. The quantitative estimate of drug-likeness (QED) is 0.213. The van der Waals surface area contributed by atoms with E-state index in [0.29, 0.717) is 0 Å². The molecule has 172 valence electrons. The van der Waals surface area contributed by atoms with E-state index < -0.39 is 0 Å². The Balaban J connectivity index is 1.67. The van der Waals surface area contributed by atoms with Crippen LogP contribution in [0.4, 0.5) is 28.4 Å². The van der Waals surface area contributed by atoms with E-state index >= 15 is 0 Å². The van der Waals surface area contributed by atoms with Crippen molar-refractivity contribution in [1.82, 2.24) is 0 Å². The van der Waals surface area contributed by atoms with Crippen LogP contribution in [0.3, 0.4) is 0 Å². The summed E-state index contributed by atoms with van der Waals surface area (Å²) in [6.45, 7) is 6.20. The van der Waals surface area contributed by atoms with Crippen LogP contribution in [0.5, 0.6) is 0 Å². The van der Waals surface area contributed by atoms with E-state index in [1.807, 2.05) is 19.1 Å². The van der Waals surface area contributed by atoms with Crippen molar-refractivity contribution >= 4 is 51.5 Å². The molecule has 0 saturated carbocycles. The summed E-state index contributed by atoms with van der Waals surface area (Å²) in [5, 5.41) is 0. The summed E-state index contributed by atoms with van der Waals surface area (Å²) in [6.07, 6.45) is 12.3. The standard InChI is InChI=1S/C33H27BN2/c1-3-5-7-16-25(15-4-2)35-29-21-12-10-19-27(29)34-28-20-11-13-22-30(28)36(26-17-8-6-9-18-26)32-24-14-23-31(35)33(32)34/h3-24H,2H2,1H3/b5-3+,16-7-,25-15+. The summed E-state index contributed by atoms with van der Waals surface area (Å²) in [4.78, 5) is 4.78. The lowest BCUT2D eigenvalue weighted by Gasteiger charge is -2.44. The van der Waals surface area contributed by atoms with E-state index in [-0.39, 0.29) is 6.71 Å². The van der Waals surface area contributed by atoms with Gasteiger partial charge >= 0.3 is 0 Å². The van der Waals surface area contributed by atoms with Crippen LogP contribution in [-0.2, 0) is 0 Å². The molecule has 0 atom stereocenters. The molecular formula is C33H27BN2. The Morgan fingerprint density at radius 2 is 1.33 bits per heavy atom. The number of allylic oxidation sites excluding steroid dienone is 6. The van der Waals surface area contributed by atoms with Gasteiger partial charge in [0.1, 0.15) is 0 Å². The molecule has 0 unspecified atom stereocenters. The van der Waals surface area contributed by atoms with Crippen LogP contribution in [0.2, 0.25) is 0 Å². The maximum atomic E-state index is 4.01. The number of hydrogen-bond acceptors (Lipinski definition) is 2. The van der Waals surface area contributed by atoms with E-state index in [1.54, 1.807) is 0 Å². The Kier molecular flexibility index (Phi) is 5.67. The fourth-order valence-corrected chi connectivity index (χ4v) is 5.56. The Hall–Kier alpha value is -4.50. The van der Waals surface area contributed by atoms with Crippen molar-refractivity contribution in [2.24, 2.45) is 0 Å². The SMILES string of the molecule is C=C\C=C(/C=C\C=C\C)N1c2ccccc2B2c3ccccc3N(c3ccccc3)c3cccc1c32. The van der Waals surface area contributed by atoms with Gasteiger partial charge in [0.15, 0.2) is 0 Å². The second kappa shape index (κ2) is 9.28. The van der Waals surface area contributed by atoms with Gasteiger partial charge in [0.05, 0.1) is 0 Å². The van der Waals surface area contributed by atoms with Crippen molar-refractivity contribution in [3.8, 4) is 0 Å². The highest BCUT2D eigenvalue weighted by Crippen LogP contribution is 2.42. The zero-order valence-electron chi connectivity index (χ0n) is 20.4. The number of para-hydroxylation sites is 3. The van der Waals surface area contributed by atoms with E-state index in [9.17, 15) is 0 Å². The lowest BCUT2D eigenvalue weighted by atomic mass is 9.33. The Morgan fingerprint density at radius 3 is 2.08 bits per heavy atom. The summed E-state index contributed by atoms with van der Waals surface area (Å²) < 4.78 is 0.